The molecule has 0 atom stereocenters. The van der Waals surface area contributed by atoms with E-state index < -0.39 is 0 Å². The predicted octanol–water partition coefficient (Wildman–Crippen LogP) is 2.09. The first-order valence-corrected chi connectivity index (χ1v) is 6.54. The molecule has 2 aromatic rings. The second kappa shape index (κ2) is 7.40. The molecule has 1 heterocycles. The second-order valence-electron chi connectivity index (χ2n) is 4.45. The monoisotopic (exact) mass is 270 g/mol. The van der Waals surface area contributed by atoms with Crippen molar-refractivity contribution in [1.82, 2.24) is 10.3 Å². The molecule has 1 aromatic heterocycles. The van der Waals surface area contributed by atoms with E-state index in [4.69, 9.17) is 4.74 Å². The van der Waals surface area contributed by atoms with Crippen molar-refractivity contribution >= 4 is 5.97 Å². The zero-order valence-electron chi connectivity index (χ0n) is 11.5. The van der Waals surface area contributed by atoms with Crippen LogP contribution in [0, 0.1) is 0 Å². The van der Waals surface area contributed by atoms with E-state index in [1.165, 1.54) is 7.11 Å². The minimum absolute atomic E-state index is 0.220. The summed E-state index contributed by atoms with van der Waals surface area (Å²) in [5.41, 5.74) is 3.10. The summed E-state index contributed by atoms with van der Waals surface area (Å²) in [6.45, 7) is 1.40. The number of methoxy groups -OCH3 is 1. The van der Waals surface area contributed by atoms with Crippen molar-refractivity contribution in [3.63, 3.8) is 0 Å². The summed E-state index contributed by atoms with van der Waals surface area (Å²) in [5, 5.41) is 3.34. The third kappa shape index (κ3) is 4.17. The maximum absolute atomic E-state index is 11.4. The number of aromatic nitrogens is 1. The van der Waals surface area contributed by atoms with Crippen LogP contribution in [-0.4, -0.2) is 18.1 Å². The van der Waals surface area contributed by atoms with E-state index in [0.717, 1.165) is 16.8 Å². The highest BCUT2D eigenvalue weighted by molar-refractivity contribution is 5.72. The van der Waals surface area contributed by atoms with Gasteiger partial charge < -0.3 is 10.1 Å². The molecule has 0 aliphatic heterocycles. The van der Waals surface area contributed by atoms with E-state index in [1.807, 2.05) is 42.5 Å². The van der Waals surface area contributed by atoms with Gasteiger partial charge in [-0.3, -0.25) is 9.78 Å². The molecule has 0 saturated heterocycles. The third-order valence-corrected chi connectivity index (χ3v) is 3.03. The number of nitrogens with one attached hydrogen (secondary N) is 1. The van der Waals surface area contributed by atoms with Gasteiger partial charge in [0.05, 0.1) is 19.2 Å². The Hall–Kier alpha value is -2.20. The van der Waals surface area contributed by atoms with Gasteiger partial charge in [-0.15, -0.1) is 0 Å². The third-order valence-electron chi connectivity index (χ3n) is 3.03. The van der Waals surface area contributed by atoms with Crippen LogP contribution in [0.4, 0.5) is 0 Å². The van der Waals surface area contributed by atoms with Crippen LogP contribution in [0.1, 0.15) is 16.8 Å². The first-order valence-electron chi connectivity index (χ1n) is 6.54. The molecule has 0 radical (unpaired) electrons. The molecule has 2 rings (SSSR count). The topological polar surface area (TPSA) is 51.2 Å². The van der Waals surface area contributed by atoms with Crippen LogP contribution < -0.4 is 5.32 Å². The normalized spacial score (nSPS) is 10.2. The first kappa shape index (κ1) is 14.2. The minimum Gasteiger partial charge on any atom is -0.469 e. The fourth-order valence-electron chi connectivity index (χ4n) is 1.96. The number of carbonyl (C=O) groups excluding carboxylic acids is 1. The summed E-state index contributed by atoms with van der Waals surface area (Å²) < 4.78 is 4.71. The summed E-state index contributed by atoms with van der Waals surface area (Å²) in [6.07, 6.45) is 2.08. The molecule has 4 nitrogen and oxygen atoms in total. The molecule has 0 fully saturated rings. The highest BCUT2D eigenvalue weighted by atomic mass is 16.5. The lowest BCUT2D eigenvalue weighted by Gasteiger charge is -2.09. The number of hydrogen-bond donors (Lipinski definition) is 1. The molecule has 0 aliphatic carbocycles. The van der Waals surface area contributed by atoms with Gasteiger partial charge in [-0.05, 0) is 23.3 Å². The van der Waals surface area contributed by atoms with Gasteiger partial charge in [0, 0.05) is 19.3 Å². The van der Waals surface area contributed by atoms with Gasteiger partial charge in [-0.2, -0.15) is 0 Å². The van der Waals surface area contributed by atoms with Gasteiger partial charge in [0.1, 0.15) is 0 Å². The molecule has 1 aromatic carbocycles. The van der Waals surface area contributed by atoms with E-state index in [0.29, 0.717) is 19.5 Å². The van der Waals surface area contributed by atoms with Gasteiger partial charge >= 0.3 is 5.97 Å². The zero-order valence-corrected chi connectivity index (χ0v) is 11.5. The van der Waals surface area contributed by atoms with Crippen molar-refractivity contribution in [1.29, 1.82) is 0 Å². The van der Waals surface area contributed by atoms with Crippen LogP contribution in [-0.2, 0) is 29.0 Å². The Labute approximate surface area is 118 Å². The fourth-order valence-corrected chi connectivity index (χ4v) is 1.96. The smallest absolute Gasteiger partial charge is 0.309 e. The number of hydrogen-bond acceptors (Lipinski definition) is 4. The molecule has 0 unspecified atom stereocenters. The maximum Gasteiger partial charge on any atom is 0.309 e. The number of benzene rings is 1. The first-order chi connectivity index (χ1) is 9.79. The summed E-state index contributed by atoms with van der Waals surface area (Å²) in [6, 6.07) is 13.7. The number of esters is 1. The quantitative estimate of drug-likeness (QED) is 0.817. The summed E-state index contributed by atoms with van der Waals surface area (Å²) in [5.74, 6) is -0.220. The Morgan fingerprint density at radius 2 is 1.85 bits per heavy atom. The van der Waals surface area contributed by atoms with Crippen molar-refractivity contribution in [2.24, 2.45) is 0 Å². The SMILES string of the molecule is COC(=O)Cc1ccccc1CNCc1ccccn1. The van der Waals surface area contributed by atoms with Gasteiger partial charge in [-0.25, -0.2) is 0 Å². The van der Waals surface area contributed by atoms with E-state index in [9.17, 15) is 4.79 Å². The van der Waals surface area contributed by atoms with E-state index in [1.54, 1.807) is 6.20 Å². The van der Waals surface area contributed by atoms with Crippen LogP contribution in [0.2, 0.25) is 0 Å². The minimum atomic E-state index is -0.220. The van der Waals surface area contributed by atoms with Crippen molar-refractivity contribution in [3.05, 3.63) is 65.5 Å². The van der Waals surface area contributed by atoms with Crippen molar-refractivity contribution in [2.75, 3.05) is 7.11 Å². The van der Waals surface area contributed by atoms with Crippen molar-refractivity contribution in [2.45, 2.75) is 19.5 Å². The van der Waals surface area contributed by atoms with Gasteiger partial charge in [0.15, 0.2) is 0 Å². The average molecular weight is 270 g/mol. The van der Waals surface area contributed by atoms with E-state index in [-0.39, 0.29) is 5.97 Å². The molecule has 0 amide bonds. The number of carbonyl (C=O) groups is 1. The van der Waals surface area contributed by atoms with E-state index >= 15 is 0 Å². The number of rotatable bonds is 6. The van der Waals surface area contributed by atoms with Crippen LogP contribution in [0.3, 0.4) is 0 Å². The standard InChI is InChI=1S/C16H18N2O2/c1-20-16(19)10-13-6-2-3-7-14(13)11-17-12-15-8-4-5-9-18-15/h2-9,17H,10-12H2,1H3. The molecule has 0 saturated carbocycles. The Bertz CT molecular complexity index is 555. The summed E-state index contributed by atoms with van der Waals surface area (Å²) >= 11 is 0. The largest absolute Gasteiger partial charge is 0.469 e. The number of pyridine rings is 1. The van der Waals surface area contributed by atoms with Gasteiger partial charge in [-0.1, -0.05) is 30.3 Å². The van der Waals surface area contributed by atoms with Crippen molar-refractivity contribution in [3.8, 4) is 0 Å². The summed E-state index contributed by atoms with van der Waals surface area (Å²) in [7, 11) is 1.41. The Morgan fingerprint density at radius 3 is 2.55 bits per heavy atom. The van der Waals surface area contributed by atoms with Gasteiger partial charge in [0.2, 0.25) is 0 Å². The molecule has 104 valence electrons. The highest BCUT2D eigenvalue weighted by Gasteiger charge is 2.07. The lowest BCUT2D eigenvalue weighted by molar-refractivity contribution is -0.139. The molecule has 0 bridgehead atoms. The number of ether oxygens (including phenoxy) is 1. The molecule has 1 N–H and O–H groups in total. The molecule has 0 spiro atoms. The molecule has 20 heavy (non-hydrogen) atoms. The highest BCUT2D eigenvalue weighted by Crippen LogP contribution is 2.10. The van der Waals surface area contributed by atoms with Gasteiger partial charge in [0.25, 0.3) is 0 Å². The molecule has 4 heteroatoms. The molecule has 0 aliphatic rings. The molecular formula is C16H18N2O2. The Morgan fingerprint density at radius 1 is 1.10 bits per heavy atom. The summed E-state index contributed by atoms with van der Waals surface area (Å²) in [4.78, 5) is 15.6. The Balaban J connectivity index is 1.94. The zero-order chi connectivity index (χ0) is 14.2. The predicted molar refractivity (Wildman–Crippen MR) is 76.9 cm³/mol. The number of nitrogens with zero attached hydrogens (tertiary/aromatic N) is 1. The fraction of sp³-hybridized carbons (Fsp3) is 0.250. The van der Waals surface area contributed by atoms with Crippen LogP contribution in [0.15, 0.2) is 48.7 Å². The van der Waals surface area contributed by atoms with Crippen LogP contribution in [0.5, 0.6) is 0 Å². The van der Waals surface area contributed by atoms with Crippen molar-refractivity contribution < 1.29 is 9.53 Å². The van der Waals surface area contributed by atoms with Crippen LogP contribution >= 0.6 is 0 Å². The van der Waals surface area contributed by atoms with Crippen LogP contribution in [0.25, 0.3) is 0 Å². The Kier molecular flexibility index (Phi) is 5.26. The lowest BCUT2D eigenvalue weighted by atomic mass is 10.0. The van der Waals surface area contributed by atoms with E-state index in [2.05, 4.69) is 10.3 Å². The average Bonchev–Trinajstić information content (AvgIpc) is 2.50. The maximum atomic E-state index is 11.4. The lowest BCUT2D eigenvalue weighted by Crippen LogP contribution is -2.16. The molecular weight excluding hydrogens is 252 g/mol. The second-order valence-corrected chi connectivity index (χ2v) is 4.45.